The zero-order chi connectivity index (χ0) is 39.7. The second-order valence-corrected chi connectivity index (χ2v) is 16.8. The van der Waals surface area contributed by atoms with E-state index < -0.39 is 50.0 Å². The summed E-state index contributed by atoms with van der Waals surface area (Å²) in [6.45, 7) is 4.19. The number of hydrogen-bond acceptors (Lipinski definition) is 10. The van der Waals surface area contributed by atoms with E-state index in [-0.39, 0.29) is 24.4 Å². The number of alkyl halides is 1. The lowest BCUT2D eigenvalue weighted by atomic mass is 9.80. The molecule has 3 saturated heterocycles. The Bertz CT molecular complexity index is 2020. The Morgan fingerprint density at radius 2 is 1.56 bits per heavy atom. The summed E-state index contributed by atoms with van der Waals surface area (Å²) in [5.74, 6) is 1.44. The molecule has 1 N–H and O–H groups in total. The molecule has 1 aliphatic carbocycles. The average Bonchev–Trinajstić information content (AvgIpc) is 4.04. The first-order valence-electron chi connectivity index (χ1n) is 19.7. The normalized spacial score (nSPS) is 27.7. The minimum Gasteiger partial charge on any atom is -0.497 e. The number of carbonyl (C=O) groups excluding carboxylic acids is 1. The molecule has 8 rings (SSSR count). The average molecular weight is 801 g/mol. The van der Waals surface area contributed by atoms with E-state index in [1.54, 1.807) is 14.2 Å². The lowest BCUT2D eigenvalue weighted by Crippen LogP contribution is -2.44. The van der Waals surface area contributed by atoms with E-state index in [1.165, 1.54) is 32.0 Å². The molecule has 3 aliphatic heterocycles. The van der Waals surface area contributed by atoms with Gasteiger partial charge in [0.1, 0.15) is 35.1 Å². The number of fused-ring (bicyclic) bond motifs is 1. The maximum Gasteiger partial charge on any atom is 0.351 e. The van der Waals surface area contributed by atoms with Crippen LogP contribution < -0.4 is 20.5 Å². The third-order valence-corrected chi connectivity index (χ3v) is 13.9. The largest absolute Gasteiger partial charge is 0.497 e. The molecule has 3 aromatic carbocycles. The van der Waals surface area contributed by atoms with E-state index in [9.17, 15) is 9.59 Å². The molecule has 0 spiro atoms. The van der Waals surface area contributed by atoms with Gasteiger partial charge in [0.2, 0.25) is 5.91 Å². The molecular weight excluding hydrogens is 750 g/mol. The quantitative estimate of drug-likeness (QED) is 0.107. The van der Waals surface area contributed by atoms with Crippen LogP contribution >= 0.6 is 8.53 Å². The van der Waals surface area contributed by atoms with Crippen LogP contribution in [0.25, 0.3) is 0 Å². The van der Waals surface area contributed by atoms with Crippen LogP contribution in [0.4, 0.5) is 10.2 Å². The first kappa shape index (κ1) is 39.6. The van der Waals surface area contributed by atoms with Gasteiger partial charge in [0.15, 0.2) is 12.4 Å². The molecule has 57 heavy (non-hydrogen) atoms. The molecule has 4 aromatic rings. The van der Waals surface area contributed by atoms with Gasteiger partial charge in [0, 0.05) is 25.7 Å². The first-order chi connectivity index (χ1) is 27.6. The van der Waals surface area contributed by atoms with Crippen molar-refractivity contribution in [3.8, 4) is 11.5 Å². The fourth-order valence-electron chi connectivity index (χ4n) is 9.16. The number of nitrogens with one attached hydrogen (secondary N) is 1. The second kappa shape index (κ2) is 16.6. The van der Waals surface area contributed by atoms with Gasteiger partial charge in [-0.2, -0.15) is 4.98 Å². The summed E-state index contributed by atoms with van der Waals surface area (Å²) in [6.07, 6.45) is 2.59. The molecule has 4 heterocycles. The first-order valence-corrected chi connectivity index (χ1v) is 20.8. The summed E-state index contributed by atoms with van der Waals surface area (Å²) in [7, 11) is 1.57. The molecule has 0 unspecified atom stereocenters. The minimum atomic E-state index is -1.80. The van der Waals surface area contributed by atoms with E-state index in [2.05, 4.69) is 21.9 Å². The van der Waals surface area contributed by atoms with Gasteiger partial charge in [-0.15, -0.1) is 0 Å². The predicted octanol–water partition coefficient (Wildman–Crippen LogP) is 7.52. The molecule has 4 aliphatic rings. The van der Waals surface area contributed by atoms with Crippen molar-refractivity contribution < 1.29 is 37.2 Å². The van der Waals surface area contributed by atoms with Crippen molar-refractivity contribution >= 4 is 20.3 Å². The van der Waals surface area contributed by atoms with Crippen molar-refractivity contribution in [1.82, 2.24) is 14.2 Å². The third-order valence-electron chi connectivity index (χ3n) is 12.1. The number of rotatable bonds is 13. The maximum atomic E-state index is 17.3. The topological polar surface area (TPSA) is 123 Å². The van der Waals surface area contributed by atoms with E-state index in [4.69, 9.17) is 28.0 Å². The van der Waals surface area contributed by atoms with Gasteiger partial charge in [0.05, 0.1) is 26.4 Å². The number of ether oxygens (including phenoxy) is 4. The van der Waals surface area contributed by atoms with Crippen LogP contribution in [0.3, 0.4) is 0 Å². The molecule has 1 aromatic heterocycles. The van der Waals surface area contributed by atoms with Crippen molar-refractivity contribution in [2.24, 2.45) is 5.92 Å². The number of benzene rings is 3. The van der Waals surface area contributed by atoms with Crippen molar-refractivity contribution in [2.75, 3.05) is 32.7 Å². The van der Waals surface area contributed by atoms with Crippen LogP contribution in [0.1, 0.15) is 75.3 Å². The number of methoxy groups -OCH3 is 2. The Morgan fingerprint density at radius 3 is 2.16 bits per heavy atom. The van der Waals surface area contributed by atoms with E-state index in [1.807, 2.05) is 78.9 Å². The molecule has 1 amide bonds. The molecule has 7 atom stereocenters. The highest BCUT2D eigenvalue weighted by Crippen LogP contribution is 2.64. The Balaban J connectivity index is 1.18. The molecular formula is C43H50FN4O8P. The lowest BCUT2D eigenvalue weighted by Gasteiger charge is -2.37. The smallest absolute Gasteiger partial charge is 0.351 e. The number of nitrogens with zero attached hydrogens (tertiary/aromatic N) is 3. The fraction of sp³-hybridized carbons (Fsp3) is 0.465. The van der Waals surface area contributed by atoms with Gasteiger partial charge < -0.3 is 33.3 Å². The van der Waals surface area contributed by atoms with Gasteiger partial charge in [-0.3, -0.25) is 9.36 Å². The summed E-state index contributed by atoms with van der Waals surface area (Å²) in [6, 6.07) is 26.8. The minimum absolute atomic E-state index is 0.0607. The van der Waals surface area contributed by atoms with Crippen molar-refractivity contribution in [1.29, 1.82) is 0 Å². The Labute approximate surface area is 333 Å². The summed E-state index contributed by atoms with van der Waals surface area (Å²) < 4.78 is 59.2. The molecule has 0 radical (unpaired) electrons. The number of halogens is 1. The molecule has 14 heteroatoms. The molecule has 302 valence electrons. The van der Waals surface area contributed by atoms with E-state index in [0.29, 0.717) is 17.4 Å². The number of hydrogen-bond donors (Lipinski definition) is 1. The Kier molecular flexibility index (Phi) is 11.5. The summed E-state index contributed by atoms with van der Waals surface area (Å²) in [4.78, 5) is 29.1. The highest BCUT2D eigenvalue weighted by Gasteiger charge is 2.60. The zero-order valence-electron chi connectivity index (χ0n) is 32.7. The van der Waals surface area contributed by atoms with Crippen molar-refractivity contribution in [2.45, 2.75) is 94.2 Å². The van der Waals surface area contributed by atoms with E-state index >= 15 is 4.39 Å². The fourth-order valence-corrected chi connectivity index (χ4v) is 11.4. The van der Waals surface area contributed by atoms with Crippen LogP contribution in [0.15, 0.2) is 95.9 Å². The van der Waals surface area contributed by atoms with Gasteiger partial charge in [-0.05, 0) is 85.5 Å². The van der Waals surface area contributed by atoms with Crippen molar-refractivity contribution in [3.63, 3.8) is 0 Å². The lowest BCUT2D eigenvalue weighted by molar-refractivity contribution is -0.114. The van der Waals surface area contributed by atoms with Gasteiger partial charge >= 0.3 is 5.69 Å². The highest BCUT2D eigenvalue weighted by atomic mass is 31.2. The van der Waals surface area contributed by atoms with Gasteiger partial charge in [-0.25, -0.2) is 13.9 Å². The number of amides is 1. The second-order valence-electron chi connectivity index (χ2n) is 15.4. The number of anilines is 1. The SMILES string of the molecule is COc1ccc(C(OC[C@H]2O[C@@H](n3ccc(NC(C)=O)nc3=O)[C@H](F)[C@@H]2O[P@@]2O[C@](C)(C3CCCC3)[C@@H]3CCCN32)(c2ccccc2)c2ccc(OC)cc2)cc1. The molecule has 4 fully saturated rings. The standard InChI is InChI=1S/C43H50FN4O8P/c1-28(49)45-37-24-26-47(41(50)46-37)40-38(44)39(55-57-48-25-10-15-36(48)42(2,56-57)29-11-8-9-12-29)35(54-40)27-53-43(30-13-6-5-7-14-30,31-16-20-33(51-3)21-17-31)32-18-22-34(52-4)23-19-32/h5-7,13-14,16-24,26,29,35-36,38-40H,8-12,15,25,27H2,1-4H3,(H,45,46,49,50)/t35-,36+,38-,39-,40-,42-,57+/m1/s1. The van der Waals surface area contributed by atoms with Crippen molar-refractivity contribution in [3.05, 3.63) is 118 Å². The van der Waals surface area contributed by atoms with Crippen LogP contribution in [-0.2, 0) is 28.9 Å². The van der Waals surface area contributed by atoms with Crippen LogP contribution in [0, 0.1) is 5.92 Å². The molecule has 0 bridgehead atoms. The van der Waals surface area contributed by atoms with Crippen LogP contribution in [0.5, 0.6) is 11.5 Å². The monoisotopic (exact) mass is 800 g/mol. The maximum absolute atomic E-state index is 17.3. The number of aromatic nitrogens is 2. The third kappa shape index (κ3) is 7.50. The Morgan fingerprint density at radius 1 is 0.930 bits per heavy atom. The van der Waals surface area contributed by atoms with Gasteiger partial charge in [-0.1, -0.05) is 67.4 Å². The molecule has 1 saturated carbocycles. The summed E-state index contributed by atoms with van der Waals surface area (Å²) in [5.41, 5.74) is 0.0311. The summed E-state index contributed by atoms with van der Waals surface area (Å²) in [5, 5.41) is 2.51. The summed E-state index contributed by atoms with van der Waals surface area (Å²) >= 11 is 0. The van der Waals surface area contributed by atoms with Crippen LogP contribution in [0.2, 0.25) is 0 Å². The zero-order valence-corrected chi connectivity index (χ0v) is 33.6. The van der Waals surface area contributed by atoms with Crippen LogP contribution in [-0.4, -0.2) is 77.5 Å². The highest BCUT2D eigenvalue weighted by molar-refractivity contribution is 7.45. The molecule has 12 nitrogen and oxygen atoms in total. The Hall–Kier alpha value is -4.23. The van der Waals surface area contributed by atoms with Gasteiger partial charge in [0.25, 0.3) is 8.53 Å². The van der Waals surface area contributed by atoms with E-state index in [0.717, 1.165) is 53.5 Å². The predicted molar refractivity (Wildman–Crippen MR) is 213 cm³/mol. The number of carbonyl (C=O) groups is 1.